The van der Waals surface area contributed by atoms with Crippen LogP contribution < -0.4 is 5.32 Å². The maximum absolute atomic E-state index is 12.3. The van der Waals surface area contributed by atoms with Crippen LogP contribution in [0.5, 0.6) is 0 Å². The van der Waals surface area contributed by atoms with Gasteiger partial charge in [0.2, 0.25) is 0 Å². The van der Waals surface area contributed by atoms with Crippen LogP contribution in [-0.4, -0.2) is 20.4 Å². The van der Waals surface area contributed by atoms with Crippen LogP contribution >= 0.6 is 11.6 Å². The molecule has 1 amide bonds. The number of aromatic nitrogens is 2. The summed E-state index contributed by atoms with van der Waals surface area (Å²) < 4.78 is 1.73. The van der Waals surface area contributed by atoms with Crippen LogP contribution in [0.4, 0.5) is 11.4 Å². The zero-order chi connectivity index (χ0) is 18.7. The molecule has 0 radical (unpaired) electrons. The molecule has 0 saturated carbocycles. The normalized spacial score (nSPS) is 10.5. The van der Waals surface area contributed by atoms with E-state index in [1.165, 1.54) is 18.5 Å². The summed E-state index contributed by atoms with van der Waals surface area (Å²) >= 11 is 6.12. The van der Waals surface area contributed by atoms with Gasteiger partial charge in [-0.25, -0.2) is 4.98 Å². The maximum atomic E-state index is 12.3. The zero-order valence-corrected chi connectivity index (χ0v) is 14.6. The molecule has 3 rings (SSSR count). The fourth-order valence-electron chi connectivity index (χ4n) is 2.41. The number of carbonyl (C=O) groups is 1. The van der Waals surface area contributed by atoms with Crippen LogP contribution in [0, 0.1) is 17.0 Å². The molecule has 3 aromatic rings. The monoisotopic (exact) mass is 370 g/mol. The number of halogens is 1. The first kappa shape index (κ1) is 17.6. The Labute approximate surface area is 154 Å². The van der Waals surface area contributed by atoms with Gasteiger partial charge in [0, 0.05) is 24.9 Å². The van der Waals surface area contributed by atoms with E-state index in [0.29, 0.717) is 17.3 Å². The Morgan fingerprint density at radius 1 is 1.27 bits per heavy atom. The van der Waals surface area contributed by atoms with Gasteiger partial charge in [-0.2, -0.15) is 0 Å². The number of amides is 1. The number of carbonyl (C=O) groups excluding carboxylic acids is 1. The lowest BCUT2D eigenvalue weighted by Gasteiger charge is -2.06. The van der Waals surface area contributed by atoms with Crippen molar-refractivity contribution in [2.24, 2.45) is 0 Å². The standard InChI is InChI=1S/C18H15ClN4O3/c1-12-2-7-16(15(19)8-12)21-18(24)17-10-22(11-20-17)9-13-3-5-14(6-4-13)23(25)26/h2-8,10-11H,9H2,1H3,(H,21,24). The number of hydrogen-bond acceptors (Lipinski definition) is 4. The zero-order valence-electron chi connectivity index (χ0n) is 13.8. The quantitative estimate of drug-likeness (QED) is 0.541. The van der Waals surface area contributed by atoms with Crippen molar-refractivity contribution >= 4 is 28.9 Å². The third-order valence-electron chi connectivity index (χ3n) is 3.75. The molecule has 0 atom stereocenters. The second-order valence-corrected chi connectivity index (χ2v) is 6.20. The summed E-state index contributed by atoms with van der Waals surface area (Å²) in [5, 5.41) is 13.9. The SMILES string of the molecule is Cc1ccc(NC(=O)c2cn(Cc3ccc([N+](=O)[O-])cc3)cn2)c(Cl)c1. The van der Waals surface area contributed by atoms with Crippen molar-refractivity contribution in [3.8, 4) is 0 Å². The van der Waals surface area contributed by atoms with E-state index < -0.39 is 4.92 Å². The van der Waals surface area contributed by atoms with Gasteiger partial charge in [-0.05, 0) is 30.2 Å². The fraction of sp³-hybridized carbons (Fsp3) is 0.111. The Morgan fingerprint density at radius 2 is 2.00 bits per heavy atom. The molecule has 0 bridgehead atoms. The average Bonchev–Trinajstić information content (AvgIpc) is 3.06. The van der Waals surface area contributed by atoms with E-state index in [2.05, 4.69) is 10.3 Å². The highest BCUT2D eigenvalue weighted by Gasteiger charge is 2.12. The van der Waals surface area contributed by atoms with Gasteiger partial charge in [0.15, 0.2) is 0 Å². The molecular weight excluding hydrogens is 356 g/mol. The molecule has 0 aliphatic rings. The second-order valence-electron chi connectivity index (χ2n) is 5.79. The van der Waals surface area contributed by atoms with Crippen molar-refractivity contribution in [2.75, 3.05) is 5.32 Å². The molecule has 0 aliphatic heterocycles. The number of nitro benzene ring substituents is 1. The number of rotatable bonds is 5. The maximum Gasteiger partial charge on any atom is 0.275 e. The summed E-state index contributed by atoms with van der Waals surface area (Å²) in [5.41, 5.74) is 2.67. The van der Waals surface area contributed by atoms with Crippen molar-refractivity contribution in [2.45, 2.75) is 13.5 Å². The molecular formula is C18H15ClN4O3. The highest BCUT2D eigenvalue weighted by atomic mass is 35.5. The van der Waals surface area contributed by atoms with E-state index in [1.54, 1.807) is 35.0 Å². The number of imidazole rings is 1. The number of hydrogen-bond donors (Lipinski definition) is 1. The molecule has 132 valence electrons. The Morgan fingerprint density at radius 3 is 2.65 bits per heavy atom. The Hall–Kier alpha value is -3.19. The summed E-state index contributed by atoms with van der Waals surface area (Å²) in [7, 11) is 0. The molecule has 1 aromatic heterocycles. The highest BCUT2D eigenvalue weighted by Crippen LogP contribution is 2.23. The minimum atomic E-state index is -0.445. The predicted octanol–water partition coefficient (Wildman–Crippen LogP) is 4.05. The van der Waals surface area contributed by atoms with E-state index in [0.717, 1.165) is 11.1 Å². The van der Waals surface area contributed by atoms with E-state index in [-0.39, 0.29) is 17.3 Å². The summed E-state index contributed by atoms with van der Waals surface area (Å²) in [6, 6.07) is 11.6. The Bertz CT molecular complexity index is 967. The molecule has 2 aromatic carbocycles. The number of nitro groups is 1. The van der Waals surface area contributed by atoms with Gasteiger partial charge in [-0.1, -0.05) is 29.8 Å². The minimum Gasteiger partial charge on any atom is -0.332 e. The second kappa shape index (κ2) is 7.37. The topological polar surface area (TPSA) is 90.1 Å². The molecule has 8 heteroatoms. The number of non-ortho nitro benzene ring substituents is 1. The average molecular weight is 371 g/mol. The van der Waals surface area contributed by atoms with Gasteiger partial charge in [0.25, 0.3) is 11.6 Å². The Kier molecular flexibility index (Phi) is 4.99. The molecule has 1 N–H and O–H groups in total. The van der Waals surface area contributed by atoms with Crippen LogP contribution in [0.2, 0.25) is 5.02 Å². The molecule has 1 heterocycles. The third-order valence-corrected chi connectivity index (χ3v) is 4.06. The van der Waals surface area contributed by atoms with E-state index in [4.69, 9.17) is 11.6 Å². The van der Waals surface area contributed by atoms with Gasteiger partial charge < -0.3 is 9.88 Å². The first-order valence-corrected chi connectivity index (χ1v) is 8.13. The minimum absolute atomic E-state index is 0.0365. The number of nitrogens with one attached hydrogen (secondary N) is 1. The molecule has 7 nitrogen and oxygen atoms in total. The van der Waals surface area contributed by atoms with Crippen molar-refractivity contribution in [1.29, 1.82) is 0 Å². The largest absolute Gasteiger partial charge is 0.332 e. The molecule has 0 fully saturated rings. The summed E-state index contributed by atoms with van der Waals surface area (Å²) in [4.78, 5) is 26.7. The molecule has 0 unspecified atom stereocenters. The smallest absolute Gasteiger partial charge is 0.275 e. The van der Waals surface area contributed by atoms with Gasteiger partial charge in [0.05, 0.1) is 22.0 Å². The fourth-order valence-corrected chi connectivity index (χ4v) is 2.69. The molecule has 26 heavy (non-hydrogen) atoms. The lowest BCUT2D eigenvalue weighted by molar-refractivity contribution is -0.384. The van der Waals surface area contributed by atoms with Gasteiger partial charge in [-0.15, -0.1) is 0 Å². The number of benzene rings is 2. The number of aryl methyl sites for hydroxylation is 1. The number of nitrogens with zero attached hydrogens (tertiary/aromatic N) is 3. The summed E-state index contributed by atoms with van der Waals surface area (Å²) in [6.45, 7) is 2.36. The van der Waals surface area contributed by atoms with Crippen molar-refractivity contribution in [1.82, 2.24) is 9.55 Å². The lowest BCUT2D eigenvalue weighted by atomic mass is 10.2. The molecule has 0 aliphatic carbocycles. The van der Waals surface area contributed by atoms with Gasteiger partial charge in [-0.3, -0.25) is 14.9 Å². The van der Waals surface area contributed by atoms with Crippen LogP contribution in [0.1, 0.15) is 21.6 Å². The van der Waals surface area contributed by atoms with Crippen molar-refractivity contribution < 1.29 is 9.72 Å². The predicted molar refractivity (Wildman–Crippen MR) is 98.6 cm³/mol. The van der Waals surface area contributed by atoms with Crippen LogP contribution in [0.25, 0.3) is 0 Å². The Balaban J connectivity index is 1.68. The van der Waals surface area contributed by atoms with E-state index in [1.807, 2.05) is 13.0 Å². The van der Waals surface area contributed by atoms with Crippen LogP contribution in [-0.2, 0) is 6.54 Å². The lowest BCUT2D eigenvalue weighted by Crippen LogP contribution is -2.12. The number of anilines is 1. The van der Waals surface area contributed by atoms with Crippen LogP contribution in [0.15, 0.2) is 55.0 Å². The van der Waals surface area contributed by atoms with Crippen molar-refractivity contribution in [3.63, 3.8) is 0 Å². The van der Waals surface area contributed by atoms with Crippen molar-refractivity contribution in [3.05, 3.63) is 86.9 Å². The van der Waals surface area contributed by atoms with E-state index >= 15 is 0 Å². The highest BCUT2D eigenvalue weighted by molar-refractivity contribution is 6.34. The third kappa shape index (κ3) is 4.07. The molecule has 0 spiro atoms. The van der Waals surface area contributed by atoms with E-state index in [9.17, 15) is 14.9 Å². The van der Waals surface area contributed by atoms with Gasteiger partial charge in [0.1, 0.15) is 5.69 Å². The first-order chi connectivity index (χ1) is 12.4. The summed E-state index contributed by atoms with van der Waals surface area (Å²) in [6.07, 6.45) is 3.14. The first-order valence-electron chi connectivity index (χ1n) is 7.75. The van der Waals surface area contributed by atoms with Gasteiger partial charge >= 0.3 is 0 Å². The summed E-state index contributed by atoms with van der Waals surface area (Å²) in [5.74, 6) is -0.363. The van der Waals surface area contributed by atoms with Crippen LogP contribution in [0.3, 0.4) is 0 Å². The molecule has 0 saturated heterocycles.